The van der Waals surface area contributed by atoms with Crippen LogP contribution in [0, 0.1) is 0 Å². The van der Waals surface area contributed by atoms with E-state index in [1.807, 2.05) is 13.0 Å². The number of allylic oxidation sites excluding steroid dienone is 1. The van der Waals surface area contributed by atoms with Crippen molar-refractivity contribution in [2.24, 2.45) is 9.98 Å². The number of hydrogen-bond donors (Lipinski definition) is 0. The molecule has 0 fully saturated rings. The molecule has 1 aliphatic rings. The van der Waals surface area contributed by atoms with Crippen molar-refractivity contribution < 1.29 is 4.74 Å². The van der Waals surface area contributed by atoms with Crippen LogP contribution in [0.4, 0.5) is 11.4 Å². The molecule has 2 aromatic carbocycles. The van der Waals surface area contributed by atoms with Gasteiger partial charge in [-0.25, -0.2) is 9.98 Å². The second-order valence-electron chi connectivity index (χ2n) is 9.96. The van der Waals surface area contributed by atoms with Crippen LogP contribution in [-0.4, -0.2) is 11.6 Å². The first kappa shape index (κ1) is 24.0. The van der Waals surface area contributed by atoms with E-state index in [9.17, 15) is 0 Å². The molecule has 3 rings (SSSR count). The third-order valence-electron chi connectivity index (χ3n) is 5.95. The van der Waals surface area contributed by atoms with Crippen molar-refractivity contribution in [3.05, 3.63) is 70.5 Å². The van der Waals surface area contributed by atoms with Gasteiger partial charge < -0.3 is 4.74 Å². The van der Waals surface area contributed by atoms with Crippen LogP contribution in [0.25, 0.3) is 0 Å². The largest absolute Gasteiger partial charge is 0.442 e. The van der Waals surface area contributed by atoms with Gasteiger partial charge in [-0.2, -0.15) is 0 Å². The minimum atomic E-state index is 0.373. The number of nitrogens with zero attached hydrogens (tertiary/aromatic N) is 2. The number of benzene rings is 2. The van der Waals surface area contributed by atoms with Gasteiger partial charge in [0.05, 0.1) is 11.4 Å². The molecule has 1 aliphatic heterocycles. The van der Waals surface area contributed by atoms with E-state index in [0.29, 0.717) is 29.6 Å². The Kier molecular flexibility index (Phi) is 7.38. The van der Waals surface area contributed by atoms with E-state index in [1.54, 1.807) is 0 Å². The molecular formula is C29H38N2O. The summed E-state index contributed by atoms with van der Waals surface area (Å²) in [6.45, 7) is 19.7. The molecule has 0 bridgehead atoms. The molecule has 0 aliphatic carbocycles. The topological polar surface area (TPSA) is 34.0 Å². The Labute approximate surface area is 194 Å². The monoisotopic (exact) mass is 430 g/mol. The fourth-order valence-corrected chi connectivity index (χ4v) is 4.15. The van der Waals surface area contributed by atoms with Gasteiger partial charge >= 0.3 is 0 Å². The van der Waals surface area contributed by atoms with Crippen molar-refractivity contribution in [3.8, 4) is 0 Å². The van der Waals surface area contributed by atoms with Crippen LogP contribution in [-0.2, 0) is 4.74 Å². The molecule has 3 nitrogen and oxygen atoms in total. The first-order valence-corrected chi connectivity index (χ1v) is 11.9. The summed E-state index contributed by atoms with van der Waals surface area (Å²) in [7, 11) is 0. The lowest BCUT2D eigenvalue weighted by Gasteiger charge is -2.18. The third kappa shape index (κ3) is 5.03. The molecule has 3 heteroatoms. The predicted octanol–water partition coefficient (Wildman–Crippen LogP) is 8.92. The normalized spacial score (nSPS) is 16.7. The van der Waals surface area contributed by atoms with Gasteiger partial charge in [0.25, 0.3) is 0 Å². The second kappa shape index (κ2) is 9.85. The second-order valence-corrected chi connectivity index (χ2v) is 9.96. The summed E-state index contributed by atoms with van der Waals surface area (Å²) in [4.78, 5) is 10.3. The smallest absolute Gasteiger partial charge is 0.245 e. The maximum Gasteiger partial charge on any atom is 0.245 e. The van der Waals surface area contributed by atoms with Crippen molar-refractivity contribution in [3.63, 3.8) is 0 Å². The fourth-order valence-electron chi connectivity index (χ4n) is 4.15. The Morgan fingerprint density at radius 2 is 0.969 bits per heavy atom. The first-order valence-electron chi connectivity index (χ1n) is 11.9. The molecule has 0 saturated carbocycles. The van der Waals surface area contributed by atoms with Crippen LogP contribution in [0.2, 0.25) is 0 Å². The van der Waals surface area contributed by atoms with Crippen molar-refractivity contribution >= 4 is 23.0 Å². The fraction of sp³-hybridized carbons (Fsp3) is 0.448. The van der Waals surface area contributed by atoms with E-state index in [4.69, 9.17) is 14.7 Å². The molecule has 2 aromatic rings. The molecule has 32 heavy (non-hydrogen) atoms. The third-order valence-corrected chi connectivity index (χ3v) is 5.95. The highest BCUT2D eigenvalue weighted by molar-refractivity contribution is 6.46. The minimum Gasteiger partial charge on any atom is -0.442 e. The van der Waals surface area contributed by atoms with E-state index in [-0.39, 0.29) is 0 Å². The average molecular weight is 431 g/mol. The molecule has 0 spiro atoms. The van der Waals surface area contributed by atoms with Crippen molar-refractivity contribution in [2.45, 2.75) is 86.0 Å². The summed E-state index contributed by atoms with van der Waals surface area (Å²) in [5.74, 6) is 2.93. The van der Waals surface area contributed by atoms with Gasteiger partial charge in [0.15, 0.2) is 0 Å². The molecule has 0 aromatic heterocycles. The highest BCUT2D eigenvalue weighted by atomic mass is 16.5. The van der Waals surface area contributed by atoms with Gasteiger partial charge in [-0.1, -0.05) is 91.8 Å². The molecule has 170 valence electrons. The van der Waals surface area contributed by atoms with E-state index in [0.717, 1.165) is 22.8 Å². The molecule has 0 amide bonds. The lowest BCUT2D eigenvalue weighted by atomic mass is 9.92. The minimum absolute atomic E-state index is 0.373. The summed E-state index contributed by atoms with van der Waals surface area (Å²) >= 11 is 0. The Morgan fingerprint density at radius 3 is 1.34 bits per heavy atom. The summed E-state index contributed by atoms with van der Waals surface area (Å²) in [5.41, 5.74) is 7.85. The Morgan fingerprint density at radius 1 is 0.594 bits per heavy atom. The van der Waals surface area contributed by atoms with E-state index < -0.39 is 0 Å². The average Bonchev–Trinajstić information content (AvgIpc) is 3.06. The quantitative estimate of drug-likeness (QED) is 0.450. The van der Waals surface area contributed by atoms with Crippen LogP contribution >= 0.6 is 0 Å². The van der Waals surface area contributed by atoms with Crippen LogP contribution in [0.15, 0.2) is 58.2 Å². The van der Waals surface area contributed by atoms with E-state index in [1.165, 1.54) is 22.3 Å². The van der Waals surface area contributed by atoms with Gasteiger partial charge in [0.2, 0.25) is 5.90 Å². The number of hydrogen-bond acceptors (Lipinski definition) is 3. The van der Waals surface area contributed by atoms with Crippen molar-refractivity contribution in [1.29, 1.82) is 0 Å². The van der Waals surface area contributed by atoms with Gasteiger partial charge in [-0.15, -0.1) is 0 Å². The zero-order chi connectivity index (χ0) is 23.6. The molecule has 0 atom stereocenters. The summed E-state index contributed by atoms with van der Waals surface area (Å²) < 4.78 is 6.10. The Bertz CT molecular complexity index is 1020. The van der Waals surface area contributed by atoms with Crippen molar-refractivity contribution in [2.75, 3.05) is 0 Å². The lowest BCUT2D eigenvalue weighted by molar-refractivity contribution is 0.435. The summed E-state index contributed by atoms with van der Waals surface area (Å²) in [6.07, 6.45) is 2.01. The van der Waals surface area contributed by atoms with Gasteiger partial charge in [0.1, 0.15) is 11.5 Å². The number of rotatable bonds is 6. The molecule has 0 radical (unpaired) electrons. The van der Waals surface area contributed by atoms with Gasteiger partial charge in [0, 0.05) is 6.08 Å². The summed E-state index contributed by atoms with van der Waals surface area (Å²) in [6, 6.07) is 13.0. The standard InChI is InChI=1S/C29H38N2O/c1-17(2)22-12-10-13-23(18(3)4)27(22)30-26-16-21(9)32-29(26)31-28-24(19(5)6)14-11-15-25(28)20(7)8/h10-20H,1-9H3. The number of ether oxygens (including phenoxy) is 1. The van der Waals surface area contributed by atoms with E-state index >= 15 is 0 Å². The highest BCUT2D eigenvalue weighted by Gasteiger charge is 2.23. The maximum atomic E-state index is 6.10. The molecule has 0 unspecified atom stereocenters. The molecule has 0 N–H and O–H groups in total. The van der Waals surface area contributed by atoms with Crippen molar-refractivity contribution in [1.82, 2.24) is 0 Å². The van der Waals surface area contributed by atoms with Crippen LogP contribution in [0.3, 0.4) is 0 Å². The van der Waals surface area contributed by atoms with Gasteiger partial charge in [-0.3, -0.25) is 0 Å². The Balaban J connectivity index is 2.22. The zero-order valence-corrected chi connectivity index (χ0v) is 21.2. The maximum absolute atomic E-state index is 6.10. The SMILES string of the molecule is CC1=CC(=Nc2c(C(C)C)cccc2C(C)C)C(=Nc2c(C(C)C)cccc2C(C)C)O1. The molecular weight excluding hydrogens is 392 g/mol. The lowest BCUT2D eigenvalue weighted by Crippen LogP contribution is -2.09. The predicted molar refractivity (Wildman–Crippen MR) is 138 cm³/mol. The number of para-hydroxylation sites is 2. The zero-order valence-electron chi connectivity index (χ0n) is 21.2. The molecule has 1 heterocycles. The van der Waals surface area contributed by atoms with Crippen LogP contribution in [0.5, 0.6) is 0 Å². The first-order chi connectivity index (χ1) is 15.1. The summed E-state index contributed by atoms with van der Waals surface area (Å²) in [5, 5.41) is 0. The Hall–Kier alpha value is -2.68. The van der Waals surface area contributed by atoms with Gasteiger partial charge in [-0.05, 0) is 52.8 Å². The van der Waals surface area contributed by atoms with Crippen LogP contribution in [0.1, 0.15) is 108 Å². The number of aliphatic imine (C=N–C) groups is 2. The van der Waals surface area contributed by atoms with Crippen LogP contribution < -0.4 is 0 Å². The van der Waals surface area contributed by atoms with E-state index in [2.05, 4.69) is 91.8 Å². The highest BCUT2D eigenvalue weighted by Crippen LogP contribution is 2.37. The molecule has 0 saturated heterocycles.